The molecule has 0 heterocycles. The van der Waals surface area contributed by atoms with Crippen molar-refractivity contribution in [3.8, 4) is 5.75 Å². The molecule has 0 unspecified atom stereocenters. The summed E-state index contributed by atoms with van der Waals surface area (Å²) in [4.78, 5) is 23.8. The van der Waals surface area contributed by atoms with E-state index in [1.54, 1.807) is 24.3 Å². The van der Waals surface area contributed by atoms with Crippen molar-refractivity contribution in [2.24, 2.45) is 0 Å². The summed E-state index contributed by atoms with van der Waals surface area (Å²) in [6.45, 7) is 2.19. The van der Waals surface area contributed by atoms with Crippen LogP contribution in [0.15, 0.2) is 48.5 Å². The number of hydrogen-bond donors (Lipinski definition) is 2. The van der Waals surface area contributed by atoms with E-state index in [4.69, 9.17) is 4.74 Å². The van der Waals surface area contributed by atoms with Gasteiger partial charge in [0.15, 0.2) is 0 Å². The molecule has 2 aromatic carbocycles. The molecule has 2 amide bonds. The van der Waals surface area contributed by atoms with E-state index in [1.807, 2.05) is 6.92 Å². The van der Waals surface area contributed by atoms with Crippen molar-refractivity contribution in [3.05, 3.63) is 65.2 Å². The van der Waals surface area contributed by atoms with Crippen molar-refractivity contribution in [3.63, 3.8) is 0 Å². The molecule has 0 saturated heterocycles. The second-order valence-electron chi connectivity index (χ2n) is 5.61. The Bertz CT molecular complexity index is 772. The van der Waals surface area contributed by atoms with E-state index >= 15 is 0 Å². The molecule has 0 aliphatic rings. The minimum atomic E-state index is -4.40. The van der Waals surface area contributed by atoms with Crippen molar-refractivity contribution in [1.82, 2.24) is 10.6 Å². The van der Waals surface area contributed by atoms with Gasteiger partial charge in [0, 0.05) is 12.1 Å². The lowest BCUT2D eigenvalue weighted by atomic mass is 10.1. The number of alkyl halides is 3. The van der Waals surface area contributed by atoms with Gasteiger partial charge in [-0.25, -0.2) is 0 Å². The standard InChI is InChI=1S/C19H19F3N2O3/c1-2-27-16-9-5-14(6-10-16)18(26)24-12-17(25)23-11-13-3-7-15(8-4-13)19(20,21)22/h3-10H,2,11-12H2,1H3,(H,23,25)(H,24,26). The molecule has 2 aromatic rings. The first-order chi connectivity index (χ1) is 12.8. The molecule has 5 nitrogen and oxygen atoms in total. The highest BCUT2D eigenvalue weighted by Crippen LogP contribution is 2.29. The minimum Gasteiger partial charge on any atom is -0.494 e. The predicted octanol–water partition coefficient (Wildman–Crippen LogP) is 3.15. The summed E-state index contributed by atoms with van der Waals surface area (Å²) in [5.41, 5.74) is 0.156. The molecule has 8 heteroatoms. The van der Waals surface area contributed by atoms with E-state index < -0.39 is 23.6 Å². The van der Waals surface area contributed by atoms with Gasteiger partial charge in [-0.2, -0.15) is 13.2 Å². The van der Waals surface area contributed by atoms with Gasteiger partial charge < -0.3 is 15.4 Å². The molecular weight excluding hydrogens is 361 g/mol. The van der Waals surface area contributed by atoms with E-state index in [-0.39, 0.29) is 13.1 Å². The fourth-order valence-corrected chi connectivity index (χ4v) is 2.21. The largest absolute Gasteiger partial charge is 0.494 e. The third kappa shape index (κ3) is 6.32. The highest BCUT2D eigenvalue weighted by molar-refractivity contribution is 5.96. The smallest absolute Gasteiger partial charge is 0.416 e. The van der Waals surface area contributed by atoms with Crippen molar-refractivity contribution in [1.29, 1.82) is 0 Å². The van der Waals surface area contributed by atoms with Crippen molar-refractivity contribution in [2.45, 2.75) is 19.6 Å². The molecule has 0 fully saturated rings. The van der Waals surface area contributed by atoms with Gasteiger partial charge in [0.25, 0.3) is 5.91 Å². The monoisotopic (exact) mass is 380 g/mol. The lowest BCUT2D eigenvalue weighted by Crippen LogP contribution is -2.36. The number of carbonyl (C=O) groups excluding carboxylic acids is 2. The second kappa shape index (κ2) is 9.07. The molecule has 2 rings (SSSR count). The minimum absolute atomic E-state index is 0.0654. The number of carbonyl (C=O) groups is 2. The van der Waals surface area contributed by atoms with Crippen LogP contribution in [0.3, 0.4) is 0 Å². The van der Waals surface area contributed by atoms with Crippen LogP contribution in [0.25, 0.3) is 0 Å². The average molecular weight is 380 g/mol. The summed E-state index contributed by atoms with van der Waals surface area (Å²) in [5.74, 6) is -0.222. The zero-order chi connectivity index (χ0) is 19.9. The molecule has 0 saturated carbocycles. The molecule has 0 aliphatic heterocycles. The molecule has 2 N–H and O–H groups in total. The molecular formula is C19H19F3N2O3. The van der Waals surface area contributed by atoms with Gasteiger partial charge >= 0.3 is 6.18 Å². The molecule has 0 radical (unpaired) electrons. The Morgan fingerprint density at radius 3 is 2.15 bits per heavy atom. The highest BCUT2D eigenvalue weighted by atomic mass is 19.4. The van der Waals surface area contributed by atoms with Gasteiger partial charge in [-0.3, -0.25) is 9.59 Å². The quantitative estimate of drug-likeness (QED) is 0.776. The van der Waals surface area contributed by atoms with Crippen LogP contribution in [0.1, 0.15) is 28.4 Å². The van der Waals surface area contributed by atoms with Crippen LogP contribution in [0.2, 0.25) is 0 Å². The predicted molar refractivity (Wildman–Crippen MR) is 93.2 cm³/mol. The third-order valence-corrected chi connectivity index (χ3v) is 3.61. The Kier molecular flexibility index (Phi) is 6.81. The maximum atomic E-state index is 12.5. The van der Waals surface area contributed by atoms with E-state index in [0.29, 0.717) is 23.5 Å². The molecule has 0 atom stereocenters. The lowest BCUT2D eigenvalue weighted by Gasteiger charge is -2.09. The molecule has 0 aromatic heterocycles. The zero-order valence-electron chi connectivity index (χ0n) is 14.6. The molecule has 0 bridgehead atoms. The first-order valence-corrected chi connectivity index (χ1v) is 8.23. The van der Waals surface area contributed by atoms with E-state index in [9.17, 15) is 22.8 Å². The maximum absolute atomic E-state index is 12.5. The summed E-state index contributed by atoms with van der Waals surface area (Å²) in [7, 11) is 0. The highest BCUT2D eigenvalue weighted by Gasteiger charge is 2.29. The second-order valence-corrected chi connectivity index (χ2v) is 5.61. The van der Waals surface area contributed by atoms with E-state index in [1.165, 1.54) is 12.1 Å². The van der Waals surface area contributed by atoms with E-state index in [2.05, 4.69) is 10.6 Å². The van der Waals surface area contributed by atoms with Crippen molar-refractivity contribution in [2.75, 3.05) is 13.2 Å². The van der Waals surface area contributed by atoms with Crippen LogP contribution in [0.4, 0.5) is 13.2 Å². The van der Waals surface area contributed by atoms with Gasteiger partial charge in [-0.15, -0.1) is 0 Å². The average Bonchev–Trinajstić information content (AvgIpc) is 2.65. The Balaban J connectivity index is 1.78. The number of rotatable bonds is 7. The summed E-state index contributed by atoms with van der Waals surface area (Å²) >= 11 is 0. The first-order valence-electron chi connectivity index (χ1n) is 8.23. The van der Waals surface area contributed by atoms with Crippen LogP contribution >= 0.6 is 0 Å². The van der Waals surface area contributed by atoms with Crippen LogP contribution in [-0.2, 0) is 17.5 Å². The Morgan fingerprint density at radius 2 is 1.59 bits per heavy atom. The van der Waals surface area contributed by atoms with Crippen molar-refractivity contribution >= 4 is 11.8 Å². The SMILES string of the molecule is CCOc1ccc(C(=O)NCC(=O)NCc2ccc(C(F)(F)F)cc2)cc1. The van der Waals surface area contributed by atoms with Crippen LogP contribution in [0, 0.1) is 0 Å². The first kappa shape index (κ1) is 20.3. The van der Waals surface area contributed by atoms with Gasteiger partial charge in [0.05, 0.1) is 18.7 Å². The number of nitrogens with one attached hydrogen (secondary N) is 2. The number of benzene rings is 2. The van der Waals surface area contributed by atoms with Gasteiger partial charge in [-0.05, 0) is 48.9 Å². The fourth-order valence-electron chi connectivity index (χ4n) is 2.21. The molecule has 144 valence electrons. The Hall–Kier alpha value is -3.03. The summed E-state index contributed by atoms with van der Waals surface area (Å²) in [5, 5.41) is 5.01. The number of halogens is 3. The van der Waals surface area contributed by atoms with Gasteiger partial charge in [-0.1, -0.05) is 12.1 Å². The normalized spacial score (nSPS) is 11.0. The van der Waals surface area contributed by atoms with Gasteiger partial charge in [0.2, 0.25) is 5.91 Å². The number of ether oxygens (including phenoxy) is 1. The van der Waals surface area contributed by atoms with E-state index in [0.717, 1.165) is 12.1 Å². The van der Waals surface area contributed by atoms with Crippen LogP contribution in [0.5, 0.6) is 5.75 Å². The third-order valence-electron chi connectivity index (χ3n) is 3.61. The topological polar surface area (TPSA) is 67.4 Å². The van der Waals surface area contributed by atoms with Crippen molar-refractivity contribution < 1.29 is 27.5 Å². The zero-order valence-corrected chi connectivity index (χ0v) is 14.6. The summed E-state index contributed by atoms with van der Waals surface area (Å²) in [6.07, 6.45) is -4.40. The fraction of sp³-hybridized carbons (Fsp3) is 0.263. The Labute approximate surface area is 154 Å². The molecule has 0 aliphatic carbocycles. The summed E-state index contributed by atoms with van der Waals surface area (Å²) < 4.78 is 42.8. The number of amides is 2. The maximum Gasteiger partial charge on any atom is 0.416 e. The molecule has 27 heavy (non-hydrogen) atoms. The van der Waals surface area contributed by atoms with Crippen LogP contribution < -0.4 is 15.4 Å². The lowest BCUT2D eigenvalue weighted by molar-refractivity contribution is -0.137. The van der Waals surface area contributed by atoms with Crippen LogP contribution in [-0.4, -0.2) is 25.0 Å². The summed E-state index contributed by atoms with van der Waals surface area (Å²) in [6, 6.07) is 11.0. The van der Waals surface area contributed by atoms with Gasteiger partial charge in [0.1, 0.15) is 5.75 Å². The number of hydrogen-bond acceptors (Lipinski definition) is 3. The molecule has 0 spiro atoms. The Morgan fingerprint density at radius 1 is 0.963 bits per heavy atom.